The van der Waals surface area contributed by atoms with Crippen molar-refractivity contribution in [1.29, 1.82) is 0 Å². The molecular weight excluding hydrogens is 843 g/mol. The summed E-state index contributed by atoms with van der Waals surface area (Å²) in [6.07, 6.45) is 0. The molecule has 15 rings (SSSR count). The van der Waals surface area contributed by atoms with Crippen LogP contribution in [0.1, 0.15) is 69.5 Å². The second-order valence-electron chi connectivity index (χ2n) is 20.2. The van der Waals surface area contributed by atoms with Gasteiger partial charge in [0.2, 0.25) is 0 Å². The van der Waals surface area contributed by atoms with Crippen LogP contribution in [0.25, 0.3) is 55.3 Å². The van der Waals surface area contributed by atoms with E-state index in [4.69, 9.17) is 0 Å². The fourth-order valence-electron chi connectivity index (χ4n) is 14.2. The van der Waals surface area contributed by atoms with Crippen molar-refractivity contribution in [1.82, 2.24) is 0 Å². The SMILES string of the molecule is CC1(C)c2ccccc2-c2c(N(c3cccc4c3-c3ccccc3C4(c3ccccc3)c3ccccc3)c3cccc4c3-c3ccccc3C43c4ccccc4-c4ccccc43)cc3ccccc3c21. The number of benzene rings is 11. The molecule has 11 aromatic rings. The van der Waals surface area contributed by atoms with Gasteiger partial charge in [0.15, 0.2) is 0 Å². The van der Waals surface area contributed by atoms with E-state index in [1.807, 2.05) is 0 Å². The summed E-state index contributed by atoms with van der Waals surface area (Å²) in [5, 5.41) is 2.54. The molecule has 0 amide bonds. The van der Waals surface area contributed by atoms with Crippen molar-refractivity contribution in [2.75, 3.05) is 4.90 Å². The van der Waals surface area contributed by atoms with Gasteiger partial charge in [0, 0.05) is 22.1 Å². The Morgan fingerprint density at radius 3 is 1.21 bits per heavy atom. The Labute approximate surface area is 409 Å². The van der Waals surface area contributed by atoms with Gasteiger partial charge in [0.25, 0.3) is 0 Å². The molecule has 1 heteroatoms. The van der Waals surface area contributed by atoms with Crippen LogP contribution in [0.15, 0.2) is 249 Å². The molecule has 70 heavy (non-hydrogen) atoms. The molecule has 0 unspecified atom stereocenters. The maximum atomic E-state index is 2.70. The summed E-state index contributed by atoms with van der Waals surface area (Å²) in [6.45, 7) is 4.86. The van der Waals surface area contributed by atoms with E-state index >= 15 is 0 Å². The van der Waals surface area contributed by atoms with E-state index in [1.165, 1.54) is 122 Å². The first-order valence-corrected chi connectivity index (χ1v) is 24.8. The molecule has 11 aromatic carbocycles. The van der Waals surface area contributed by atoms with Gasteiger partial charge in [-0.1, -0.05) is 244 Å². The van der Waals surface area contributed by atoms with Crippen molar-refractivity contribution < 1.29 is 0 Å². The average Bonchev–Trinajstić information content (AvgIpc) is 4.09. The molecule has 1 spiro atoms. The monoisotopic (exact) mass is 889 g/mol. The third kappa shape index (κ3) is 4.82. The van der Waals surface area contributed by atoms with E-state index in [9.17, 15) is 0 Å². The third-order valence-electron chi connectivity index (χ3n) is 16.7. The van der Waals surface area contributed by atoms with Gasteiger partial charge < -0.3 is 4.90 Å². The summed E-state index contributed by atoms with van der Waals surface area (Å²) in [5.41, 5.74) is 25.7. The molecule has 0 saturated heterocycles. The first-order chi connectivity index (χ1) is 34.5. The van der Waals surface area contributed by atoms with Crippen molar-refractivity contribution in [3.63, 3.8) is 0 Å². The number of hydrogen-bond donors (Lipinski definition) is 0. The van der Waals surface area contributed by atoms with Crippen LogP contribution in [0.3, 0.4) is 0 Å². The molecule has 4 aliphatic rings. The minimum atomic E-state index is -0.567. The van der Waals surface area contributed by atoms with Gasteiger partial charge in [-0.3, -0.25) is 0 Å². The largest absolute Gasteiger partial charge is 0.309 e. The predicted molar refractivity (Wildman–Crippen MR) is 290 cm³/mol. The summed E-state index contributed by atoms with van der Waals surface area (Å²) >= 11 is 0. The molecule has 0 aromatic heterocycles. The van der Waals surface area contributed by atoms with E-state index in [2.05, 4.69) is 267 Å². The average molecular weight is 890 g/mol. The Kier molecular flexibility index (Phi) is 8.04. The highest BCUT2D eigenvalue weighted by Gasteiger charge is 2.53. The highest BCUT2D eigenvalue weighted by atomic mass is 15.2. The predicted octanol–water partition coefficient (Wildman–Crippen LogP) is 17.3. The van der Waals surface area contributed by atoms with Crippen molar-refractivity contribution >= 4 is 27.8 Å². The maximum Gasteiger partial charge on any atom is 0.0726 e. The number of hydrogen-bond acceptors (Lipinski definition) is 1. The zero-order valence-corrected chi connectivity index (χ0v) is 39.1. The molecule has 1 nitrogen and oxygen atoms in total. The van der Waals surface area contributed by atoms with Crippen LogP contribution in [0.4, 0.5) is 17.1 Å². The number of rotatable bonds is 5. The van der Waals surface area contributed by atoms with Crippen LogP contribution in [0.2, 0.25) is 0 Å². The lowest BCUT2D eigenvalue weighted by Gasteiger charge is -2.35. The zero-order valence-electron chi connectivity index (χ0n) is 39.1. The first-order valence-electron chi connectivity index (χ1n) is 24.8. The molecule has 0 atom stereocenters. The minimum absolute atomic E-state index is 0.249. The summed E-state index contributed by atoms with van der Waals surface area (Å²) in [4.78, 5) is 2.70. The highest BCUT2D eigenvalue weighted by molar-refractivity contribution is 6.10. The van der Waals surface area contributed by atoms with Crippen LogP contribution >= 0.6 is 0 Å². The number of nitrogens with zero attached hydrogens (tertiary/aromatic N) is 1. The van der Waals surface area contributed by atoms with Crippen molar-refractivity contribution in [2.24, 2.45) is 0 Å². The van der Waals surface area contributed by atoms with E-state index in [0.717, 1.165) is 5.69 Å². The quantitative estimate of drug-likeness (QED) is 0.166. The summed E-state index contributed by atoms with van der Waals surface area (Å²) in [5.74, 6) is 0. The topological polar surface area (TPSA) is 3.24 Å². The molecule has 0 saturated carbocycles. The standard InChI is InChI=1S/C69H47N/c1-67(2)53-34-16-13-31-50(53)65-62(43-44-23-9-10-28-47(44)66(65)67)70(60-41-21-39-58-63(60)51-32-14-19-37-56(51)68(58,45-24-5-3-6-25-45)46-26-7-4-8-27-46)61-42-22-40-59-64(61)52-33-15-20-38-57(52)69(59)54-35-17-11-29-48(54)49-30-12-18-36-55(49)69/h3-43H,1-2H3. The Morgan fingerprint density at radius 1 is 0.286 bits per heavy atom. The molecule has 0 aliphatic heterocycles. The lowest BCUT2D eigenvalue weighted by Crippen LogP contribution is -2.28. The van der Waals surface area contributed by atoms with Crippen LogP contribution in [0.5, 0.6) is 0 Å². The Morgan fingerprint density at radius 2 is 0.671 bits per heavy atom. The van der Waals surface area contributed by atoms with Gasteiger partial charge in [0.05, 0.1) is 27.9 Å². The van der Waals surface area contributed by atoms with E-state index in [-0.39, 0.29) is 5.41 Å². The van der Waals surface area contributed by atoms with Gasteiger partial charge in [-0.2, -0.15) is 0 Å². The summed E-state index contributed by atoms with van der Waals surface area (Å²) in [6, 6.07) is 94.3. The molecular formula is C69H47N. The van der Waals surface area contributed by atoms with E-state index < -0.39 is 10.8 Å². The fraction of sp³-hybridized carbons (Fsp3) is 0.0725. The van der Waals surface area contributed by atoms with Crippen molar-refractivity contribution in [3.05, 3.63) is 304 Å². The van der Waals surface area contributed by atoms with Gasteiger partial charge in [-0.25, -0.2) is 0 Å². The molecule has 0 heterocycles. The van der Waals surface area contributed by atoms with Gasteiger partial charge in [-0.05, 0) is 112 Å². The van der Waals surface area contributed by atoms with Crippen molar-refractivity contribution in [2.45, 2.75) is 30.1 Å². The molecule has 0 bridgehead atoms. The first kappa shape index (κ1) is 39.5. The van der Waals surface area contributed by atoms with Gasteiger partial charge in [-0.15, -0.1) is 0 Å². The Hall–Kier alpha value is -8.52. The van der Waals surface area contributed by atoms with Crippen LogP contribution in [-0.4, -0.2) is 0 Å². The Bertz CT molecular complexity index is 3810. The lowest BCUT2D eigenvalue weighted by atomic mass is 9.68. The maximum absolute atomic E-state index is 2.70. The molecule has 0 N–H and O–H groups in total. The lowest BCUT2D eigenvalue weighted by molar-refractivity contribution is 0.666. The summed E-state index contributed by atoms with van der Waals surface area (Å²) in [7, 11) is 0. The molecule has 0 radical (unpaired) electrons. The number of anilines is 3. The van der Waals surface area contributed by atoms with E-state index in [0.29, 0.717) is 0 Å². The van der Waals surface area contributed by atoms with Crippen LogP contribution < -0.4 is 4.90 Å². The van der Waals surface area contributed by atoms with Gasteiger partial charge in [0.1, 0.15) is 0 Å². The third-order valence-corrected chi connectivity index (χ3v) is 16.7. The highest BCUT2D eigenvalue weighted by Crippen LogP contribution is 2.67. The van der Waals surface area contributed by atoms with Crippen LogP contribution in [0, 0.1) is 0 Å². The normalized spacial score (nSPS) is 15.1. The van der Waals surface area contributed by atoms with Crippen LogP contribution in [-0.2, 0) is 16.2 Å². The van der Waals surface area contributed by atoms with Crippen molar-refractivity contribution in [3.8, 4) is 44.5 Å². The van der Waals surface area contributed by atoms with Gasteiger partial charge >= 0.3 is 0 Å². The molecule has 0 fully saturated rings. The number of fused-ring (bicyclic) bond motifs is 18. The second-order valence-corrected chi connectivity index (χ2v) is 20.2. The second kappa shape index (κ2) is 14.3. The fourth-order valence-corrected chi connectivity index (χ4v) is 14.2. The zero-order chi connectivity index (χ0) is 46.3. The molecule has 4 aliphatic carbocycles. The minimum Gasteiger partial charge on any atom is -0.309 e. The van der Waals surface area contributed by atoms with E-state index in [1.54, 1.807) is 0 Å². The Balaban J connectivity index is 1.12. The summed E-state index contributed by atoms with van der Waals surface area (Å²) < 4.78 is 0. The smallest absolute Gasteiger partial charge is 0.0726 e. The molecule has 328 valence electrons.